The van der Waals surface area contributed by atoms with Crippen molar-refractivity contribution in [2.24, 2.45) is 5.92 Å². The molecule has 3 amide bonds. The first-order valence-electron chi connectivity index (χ1n) is 15.2. The van der Waals surface area contributed by atoms with Crippen LogP contribution in [0.25, 0.3) is 0 Å². The van der Waals surface area contributed by atoms with E-state index in [9.17, 15) is 32.7 Å². The van der Waals surface area contributed by atoms with Crippen LogP contribution in [0.15, 0.2) is 46.9 Å². The number of carboxylic acid groups (broad SMARTS) is 1. The van der Waals surface area contributed by atoms with Crippen LogP contribution < -0.4 is 9.64 Å². The molecule has 2 aliphatic heterocycles. The molecule has 1 aliphatic carbocycles. The van der Waals surface area contributed by atoms with Crippen molar-refractivity contribution in [2.45, 2.75) is 63.9 Å². The first-order valence-corrected chi connectivity index (χ1v) is 16.0. The lowest BCUT2D eigenvalue weighted by molar-refractivity contribution is -0.147. The van der Waals surface area contributed by atoms with E-state index in [2.05, 4.69) is 20.8 Å². The Kier molecular flexibility index (Phi) is 9.57. The van der Waals surface area contributed by atoms with E-state index >= 15 is 0 Å². The predicted octanol–water partition coefficient (Wildman–Crippen LogP) is 5.86. The van der Waals surface area contributed by atoms with Crippen LogP contribution in [0.5, 0.6) is 5.75 Å². The van der Waals surface area contributed by atoms with Gasteiger partial charge in [-0.25, -0.2) is 4.79 Å². The van der Waals surface area contributed by atoms with Crippen molar-refractivity contribution >= 4 is 39.5 Å². The molecule has 244 valence electrons. The van der Waals surface area contributed by atoms with Gasteiger partial charge in [0, 0.05) is 68.1 Å². The maximum atomic E-state index is 13.8. The number of carbonyl (C=O) groups is 3. The average molecular weight is 696 g/mol. The highest BCUT2D eigenvalue weighted by molar-refractivity contribution is 9.10. The number of carbonyl (C=O) groups excluding carboxylic acids is 2. The fourth-order valence-electron chi connectivity index (χ4n) is 6.12. The minimum Gasteiger partial charge on any atom is -0.478 e. The lowest BCUT2D eigenvalue weighted by atomic mass is 9.95. The molecule has 1 unspecified atom stereocenters. The normalized spacial score (nSPS) is 19.3. The van der Waals surface area contributed by atoms with Gasteiger partial charge >= 0.3 is 12.3 Å². The summed E-state index contributed by atoms with van der Waals surface area (Å²) in [5.41, 5.74) is -1.02. The van der Waals surface area contributed by atoms with Gasteiger partial charge in [-0.1, -0.05) is 28.1 Å². The molecule has 3 aliphatic rings. The summed E-state index contributed by atoms with van der Waals surface area (Å²) in [6, 6.07) is 11.4. The van der Waals surface area contributed by atoms with E-state index in [1.165, 1.54) is 11.0 Å². The van der Waals surface area contributed by atoms with Gasteiger partial charge in [-0.3, -0.25) is 9.59 Å². The predicted molar refractivity (Wildman–Crippen MR) is 165 cm³/mol. The molecule has 13 heteroatoms. The van der Waals surface area contributed by atoms with Gasteiger partial charge in [0.05, 0.1) is 11.5 Å². The van der Waals surface area contributed by atoms with Crippen LogP contribution in [-0.2, 0) is 22.3 Å². The van der Waals surface area contributed by atoms with Crippen LogP contribution in [-0.4, -0.2) is 88.6 Å². The Balaban J connectivity index is 1.25. The molecule has 0 aromatic heterocycles. The number of halogens is 4. The second-order valence-corrected chi connectivity index (χ2v) is 13.4. The maximum Gasteiger partial charge on any atom is 0.416 e. The maximum absolute atomic E-state index is 13.8. The van der Waals surface area contributed by atoms with E-state index in [4.69, 9.17) is 4.74 Å². The van der Waals surface area contributed by atoms with Crippen molar-refractivity contribution in [3.8, 4) is 5.75 Å². The molecule has 0 spiro atoms. The van der Waals surface area contributed by atoms with Gasteiger partial charge in [0.25, 0.3) is 5.91 Å². The molecule has 0 radical (unpaired) electrons. The number of hydrogen-bond donors (Lipinski definition) is 1. The molecular formula is C32H38BrF3N4O5. The highest BCUT2D eigenvalue weighted by atomic mass is 79.9. The molecule has 2 heterocycles. The van der Waals surface area contributed by atoms with Crippen molar-refractivity contribution in [1.29, 1.82) is 0 Å². The Labute approximate surface area is 269 Å². The summed E-state index contributed by atoms with van der Waals surface area (Å²) in [6.45, 7) is 5.48. The molecule has 9 nitrogen and oxygen atoms in total. The molecule has 1 saturated carbocycles. The van der Waals surface area contributed by atoms with Crippen molar-refractivity contribution in [3.63, 3.8) is 0 Å². The number of hydrogen-bond acceptors (Lipinski definition) is 5. The molecule has 45 heavy (non-hydrogen) atoms. The number of piperidine rings is 1. The fraction of sp³-hybridized carbons (Fsp3) is 0.531. The molecule has 1 N–H and O–H groups in total. The Bertz CT molecular complexity index is 1430. The van der Waals surface area contributed by atoms with Crippen molar-refractivity contribution in [1.82, 2.24) is 14.7 Å². The molecule has 5 rings (SSSR count). The second-order valence-electron chi connectivity index (χ2n) is 12.5. The third-order valence-corrected chi connectivity index (χ3v) is 9.16. The first kappa shape index (κ1) is 32.9. The number of ether oxygens (including phenoxy) is 1. The summed E-state index contributed by atoms with van der Waals surface area (Å²) in [5.74, 6) is -0.240. The van der Waals surface area contributed by atoms with Crippen LogP contribution in [0.1, 0.15) is 50.7 Å². The quantitative estimate of drug-likeness (QED) is 0.373. The minimum absolute atomic E-state index is 0.0544. The summed E-state index contributed by atoms with van der Waals surface area (Å²) >= 11 is 3.14. The largest absolute Gasteiger partial charge is 0.478 e. The summed E-state index contributed by atoms with van der Waals surface area (Å²) < 4.78 is 48.0. The van der Waals surface area contributed by atoms with Gasteiger partial charge < -0.3 is 29.4 Å². The number of rotatable bonds is 8. The van der Waals surface area contributed by atoms with Crippen molar-refractivity contribution < 1.29 is 37.4 Å². The topological polar surface area (TPSA) is 93.6 Å². The molecule has 0 bridgehead atoms. The van der Waals surface area contributed by atoms with Gasteiger partial charge in [0.15, 0.2) is 5.60 Å². The Morgan fingerprint density at radius 2 is 1.67 bits per heavy atom. The number of alkyl halides is 3. The van der Waals surface area contributed by atoms with Crippen molar-refractivity contribution in [3.05, 3.63) is 58.1 Å². The van der Waals surface area contributed by atoms with Crippen LogP contribution in [0.2, 0.25) is 0 Å². The molecule has 3 fully saturated rings. The van der Waals surface area contributed by atoms with E-state index in [1.807, 2.05) is 18.2 Å². The molecule has 2 saturated heterocycles. The highest BCUT2D eigenvalue weighted by Gasteiger charge is 2.40. The monoisotopic (exact) mass is 694 g/mol. The van der Waals surface area contributed by atoms with Crippen LogP contribution >= 0.6 is 15.9 Å². The fourth-order valence-corrected chi connectivity index (χ4v) is 6.48. The number of benzene rings is 2. The Hall–Kier alpha value is -3.48. The smallest absolute Gasteiger partial charge is 0.416 e. The molecule has 2 aromatic rings. The van der Waals surface area contributed by atoms with Gasteiger partial charge in [-0.05, 0) is 69.4 Å². The number of anilines is 1. The number of nitrogens with zero attached hydrogens (tertiary/aromatic N) is 4. The standard InChI is InChI=1S/C32H38BrF3N4O5/c1-31(2,29(42)37-13-15-38(16-14-37)30(43)44)45-26-7-3-6-25(18-26)39-12-4-5-22(19-39)28(41)40(24-10-11-24)20-21-8-9-23(33)17-27(21)32(34,35)36/h3,6-9,17-18,22,24H,4-5,10-16,19-20H2,1-2H3,(H,43,44). The number of amides is 3. The summed E-state index contributed by atoms with van der Waals surface area (Å²) in [6.07, 6.45) is -2.57. The van der Waals surface area contributed by atoms with Crippen LogP contribution in [0, 0.1) is 5.92 Å². The van der Waals surface area contributed by atoms with Gasteiger partial charge in [-0.2, -0.15) is 13.2 Å². The van der Waals surface area contributed by atoms with Gasteiger partial charge in [0.1, 0.15) is 5.75 Å². The van der Waals surface area contributed by atoms with E-state index in [0.29, 0.717) is 42.8 Å². The first-order chi connectivity index (χ1) is 21.2. The summed E-state index contributed by atoms with van der Waals surface area (Å²) in [5, 5.41) is 9.19. The molecule has 2 aromatic carbocycles. The lowest BCUT2D eigenvalue weighted by Gasteiger charge is -2.38. The zero-order valence-corrected chi connectivity index (χ0v) is 26.9. The second kappa shape index (κ2) is 13.1. The summed E-state index contributed by atoms with van der Waals surface area (Å²) in [7, 11) is 0. The van der Waals surface area contributed by atoms with E-state index in [1.54, 1.807) is 35.8 Å². The van der Waals surface area contributed by atoms with E-state index in [0.717, 1.165) is 31.0 Å². The van der Waals surface area contributed by atoms with Crippen LogP contribution in [0.4, 0.5) is 23.7 Å². The Morgan fingerprint density at radius 3 is 2.31 bits per heavy atom. The van der Waals surface area contributed by atoms with E-state index in [-0.39, 0.29) is 49.0 Å². The third kappa shape index (κ3) is 7.85. The summed E-state index contributed by atoms with van der Waals surface area (Å²) in [4.78, 5) is 44.9. The molecular weight excluding hydrogens is 657 g/mol. The zero-order chi connectivity index (χ0) is 32.5. The molecule has 1 atom stereocenters. The average Bonchev–Trinajstić information content (AvgIpc) is 3.85. The minimum atomic E-state index is -4.53. The van der Waals surface area contributed by atoms with Gasteiger partial charge in [-0.15, -0.1) is 0 Å². The van der Waals surface area contributed by atoms with Gasteiger partial charge in [0.2, 0.25) is 5.91 Å². The third-order valence-electron chi connectivity index (χ3n) is 8.67. The van der Waals surface area contributed by atoms with Crippen LogP contribution in [0.3, 0.4) is 0 Å². The van der Waals surface area contributed by atoms with E-state index < -0.39 is 23.4 Å². The Morgan fingerprint density at radius 1 is 0.978 bits per heavy atom. The SMILES string of the molecule is CC(C)(Oc1cccc(N2CCCC(C(=O)N(Cc3ccc(Br)cc3C(F)(F)F)C3CC3)C2)c1)C(=O)N1CCN(C(=O)O)CC1. The lowest BCUT2D eigenvalue weighted by Crippen LogP contribution is -2.56. The highest BCUT2D eigenvalue weighted by Crippen LogP contribution is 2.38. The van der Waals surface area contributed by atoms with Crippen molar-refractivity contribution in [2.75, 3.05) is 44.2 Å². The zero-order valence-electron chi connectivity index (χ0n) is 25.4. The number of piperazine rings is 1.